The maximum atomic E-state index is 12.7. The molecule has 1 heterocycles. The monoisotopic (exact) mass is 470 g/mol. The summed E-state index contributed by atoms with van der Waals surface area (Å²) in [5.41, 5.74) is 6.44. The van der Waals surface area contributed by atoms with E-state index in [9.17, 15) is 34.5 Å². The Bertz CT molecular complexity index is 797. The molecule has 0 saturated heterocycles. The molecule has 33 heavy (non-hydrogen) atoms. The molecule has 1 aromatic rings. The van der Waals surface area contributed by atoms with Crippen LogP contribution in [-0.2, 0) is 25.6 Å². The van der Waals surface area contributed by atoms with Crippen LogP contribution in [0.3, 0.4) is 0 Å². The minimum atomic E-state index is -1.52. The van der Waals surface area contributed by atoms with Gasteiger partial charge in [-0.3, -0.25) is 14.4 Å². The van der Waals surface area contributed by atoms with Crippen molar-refractivity contribution in [3.63, 3.8) is 0 Å². The zero-order chi connectivity index (χ0) is 25.3. The first-order chi connectivity index (χ1) is 15.3. The Kier molecular flexibility index (Phi) is 10.9. The van der Waals surface area contributed by atoms with Crippen molar-refractivity contribution in [2.75, 3.05) is 0 Å². The number of imidazole rings is 1. The summed E-state index contributed by atoms with van der Waals surface area (Å²) in [5.74, 6) is -3.90. The van der Waals surface area contributed by atoms with Gasteiger partial charge < -0.3 is 42.0 Å². The number of aliphatic hydroxyl groups excluding tert-OH is 2. The number of nitrogens with zero attached hydrogens (tertiary/aromatic N) is 1. The minimum Gasteiger partial charge on any atom is -0.480 e. The fourth-order valence-electron chi connectivity index (χ4n) is 2.99. The van der Waals surface area contributed by atoms with E-state index in [1.54, 1.807) is 13.8 Å². The molecule has 0 saturated carbocycles. The number of hydrogen-bond acceptors (Lipinski definition) is 8. The molecule has 186 valence electrons. The van der Waals surface area contributed by atoms with E-state index in [-0.39, 0.29) is 18.8 Å². The first-order valence-corrected chi connectivity index (χ1v) is 10.6. The average Bonchev–Trinajstić information content (AvgIpc) is 3.21. The van der Waals surface area contributed by atoms with Crippen molar-refractivity contribution in [1.82, 2.24) is 25.9 Å². The van der Waals surface area contributed by atoms with Gasteiger partial charge in [0.25, 0.3) is 0 Å². The molecule has 0 aliphatic heterocycles. The molecular weight excluding hydrogens is 436 g/mol. The summed E-state index contributed by atoms with van der Waals surface area (Å²) < 4.78 is 0. The van der Waals surface area contributed by atoms with Crippen LogP contribution in [0, 0.1) is 5.92 Å². The quantitative estimate of drug-likeness (QED) is 0.154. The van der Waals surface area contributed by atoms with Crippen molar-refractivity contribution in [3.05, 3.63) is 18.2 Å². The molecule has 6 unspecified atom stereocenters. The molecule has 1 rings (SSSR count). The Labute approximate surface area is 191 Å². The van der Waals surface area contributed by atoms with E-state index in [1.165, 1.54) is 26.4 Å². The van der Waals surface area contributed by atoms with Crippen LogP contribution >= 0.6 is 0 Å². The van der Waals surface area contributed by atoms with E-state index < -0.39 is 60.1 Å². The van der Waals surface area contributed by atoms with Crippen LogP contribution < -0.4 is 21.7 Å². The number of carboxylic acid groups (broad SMARTS) is 1. The molecule has 0 aliphatic rings. The molecule has 1 aromatic heterocycles. The second-order valence-corrected chi connectivity index (χ2v) is 8.37. The number of carboxylic acids is 1. The van der Waals surface area contributed by atoms with Gasteiger partial charge >= 0.3 is 5.97 Å². The fourth-order valence-corrected chi connectivity index (χ4v) is 2.99. The lowest BCUT2D eigenvalue weighted by atomic mass is 10.0. The summed E-state index contributed by atoms with van der Waals surface area (Å²) in [4.78, 5) is 55.8. The average molecular weight is 471 g/mol. The number of amides is 3. The minimum absolute atomic E-state index is 0.0354. The normalized spacial score (nSPS) is 16.7. The molecule has 6 atom stereocenters. The van der Waals surface area contributed by atoms with Crippen LogP contribution in [0.15, 0.2) is 12.5 Å². The number of rotatable bonds is 13. The number of aliphatic carboxylic acids is 1. The Morgan fingerprint density at radius 1 is 0.970 bits per heavy atom. The molecule has 0 spiro atoms. The number of carbonyl (C=O) groups is 4. The maximum absolute atomic E-state index is 12.7. The van der Waals surface area contributed by atoms with Crippen LogP contribution in [0.1, 0.15) is 39.8 Å². The zero-order valence-corrected chi connectivity index (χ0v) is 19.1. The largest absolute Gasteiger partial charge is 0.480 e. The van der Waals surface area contributed by atoms with Gasteiger partial charge in [-0.15, -0.1) is 0 Å². The number of H-pyrrole nitrogens is 1. The number of carbonyl (C=O) groups excluding carboxylic acids is 3. The lowest BCUT2D eigenvalue weighted by Gasteiger charge is -2.27. The third kappa shape index (κ3) is 9.16. The highest BCUT2D eigenvalue weighted by atomic mass is 16.4. The van der Waals surface area contributed by atoms with Crippen molar-refractivity contribution in [3.8, 4) is 0 Å². The Balaban J connectivity index is 2.86. The summed E-state index contributed by atoms with van der Waals surface area (Å²) in [6.07, 6.45) is 0.395. The molecule has 0 bridgehead atoms. The van der Waals surface area contributed by atoms with Crippen LogP contribution in [0.5, 0.6) is 0 Å². The second kappa shape index (κ2) is 12.9. The Morgan fingerprint density at radius 2 is 1.48 bits per heavy atom. The van der Waals surface area contributed by atoms with E-state index in [1.807, 2.05) is 0 Å². The first kappa shape index (κ1) is 28.0. The molecular formula is C20H34N6O7. The predicted molar refractivity (Wildman–Crippen MR) is 117 cm³/mol. The van der Waals surface area contributed by atoms with Gasteiger partial charge in [0.15, 0.2) is 0 Å². The third-order valence-electron chi connectivity index (χ3n) is 4.78. The predicted octanol–water partition coefficient (Wildman–Crippen LogP) is -2.37. The van der Waals surface area contributed by atoms with Gasteiger partial charge in [-0.05, 0) is 26.2 Å². The smallest absolute Gasteiger partial charge is 0.326 e. The number of hydrogen-bond donors (Lipinski definition) is 8. The summed E-state index contributed by atoms with van der Waals surface area (Å²) in [5, 5.41) is 36.2. The van der Waals surface area contributed by atoms with Crippen LogP contribution in [-0.4, -0.2) is 85.4 Å². The first-order valence-electron chi connectivity index (χ1n) is 10.6. The number of aromatic amines is 1. The molecule has 3 amide bonds. The van der Waals surface area contributed by atoms with Gasteiger partial charge in [-0.1, -0.05) is 13.8 Å². The van der Waals surface area contributed by atoms with E-state index in [0.29, 0.717) is 5.69 Å². The molecule has 0 aromatic carbocycles. The maximum Gasteiger partial charge on any atom is 0.326 e. The molecule has 13 heteroatoms. The summed E-state index contributed by atoms with van der Waals surface area (Å²) >= 11 is 0. The van der Waals surface area contributed by atoms with Gasteiger partial charge in [0.2, 0.25) is 17.7 Å². The van der Waals surface area contributed by atoms with E-state index in [2.05, 4.69) is 25.9 Å². The number of nitrogens with one attached hydrogen (secondary N) is 4. The third-order valence-corrected chi connectivity index (χ3v) is 4.78. The topological polar surface area (TPSA) is 220 Å². The SMILES string of the molecule is CC(C)CC(NC(=O)C(NC(=O)C(NC(=O)C(N)Cc1cnc[nH]1)C(C)O)C(C)O)C(=O)O. The summed E-state index contributed by atoms with van der Waals surface area (Å²) in [6, 6.07) is -5.28. The molecule has 9 N–H and O–H groups in total. The fraction of sp³-hybridized carbons (Fsp3) is 0.650. The van der Waals surface area contributed by atoms with Gasteiger partial charge in [-0.2, -0.15) is 0 Å². The van der Waals surface area contributed by atoms with Crippen LogP contribution in [0.4, 0.5) is 0 Å². The number of aliphatic hydroxyl groups is 2. The van der Waals surface area contributed by atoms with Crippen molar-refractivity contribution in [1.29, 1.82) is 0 Å². The lowest BCUT2D eigenvalue weighted by Crippen LogP contribution is -2.62. The number of nitrogens with two attached hydrogens (primary N) is 1. The number of aromatic nitrogens is 2. The van der Waals surface area contributed by atoms with E-state index in [4.69, 9.17) is 5.73 Å². The van der Waals surface area contributed by atoms with Gasteiger partial charge in [0, 0.05) is 18.3 Å². The lowest BCUT2D eigenvalue weighted by molar-refractivity contribution is -0.143. The van der Waals surface area contributed by atoms with Gasteiger partial charge in [0.1, 0.15) is 18.1 Å². The van der Waals surface area contributed by atoms with Crippen LogP contribution in [0.2, 0.25) is 0 Å². The summed E-state index contributed by atoms with van der Waals surface area (Å²) in [7, 11) is 0. The molecule has 0 radical (unpaired) electrons. The molecule has 13 nitrogen and oxygen atoms in total. The van der Waals surface area contributed by atoms with Gasteiger partial charge in [0.05, 0.1) is 24.6 Å². The van der Waals surface area contributed by atoms with Crippen molar-refractivity contribution in [2.45, 2.75) is 76.9 Å². The van der Waals surface area contributed by atoms with Crippen molar-refractivity contribution >= 4 is 23.7 Å². The highest BCUT2D eigenvalue weighted by molar-refractivity contribution is 5.94. The standard InChI is InChI=1S/C20H34N6O7/c1-9(2)5-14(20(32)33)24-18(30)15(10(3)27)26-19(31)16(11(4)28)25-17(29)13(21)6-12-7-22-8-23-12/h7-11,13-16,27-28H,5-6,21H2,1-4H3,(H,22,23)(H,24,30)(H,25,29)(H,26,31)(H,32,33). The van der Waals surface area contributed by atoms with Crippen molar-refractivity contribution in [2.24, 2.45) is 11.7 Å². The Hall–Kier alpha value is -3.03. The molecule has 0 aliphatic carbocycles. The van der Waals surface area contributed by atoms with E-state index >= 15 is 0 Å². The summed E-state index contributed by atoms with van der Waals surface area (Å²) in [6.45, 7) is 6.05. The highest BCUT2D eigenvalue weighted by Gasteiger charge is 2.34. The second-order valence-electron chi connectivity index (χ2n) is 8.37. The molecule has 0 fully saturated rings. The van der Waals surface area contributed by atoms with Gasteiger partial charge in [-0.25, -0.2) is 9.78 Å². The van der Waals surface area contributed by atoms with Crippen LogP contribution in [0.25, 0.3) is 0 Å². The van der Waals surface area contributed by atoms with Crippen molar-refractivity contribution < 1.29 is 34.5 Å². The Morgan fingerprint density at radius 3 is 1.91 bits per heavy atom. The van der Waals surface area contributed by atoms with E-state index in [0.717, 1.165) is 0 Å². The zero-order valence-electron chi connectivity index (χ0n) is 19.1. The highest BCUT2D eigenvalue weighted by Crippen LogP contribution is 2.07.